The molecule has 0 aliphatic heterocycles. The van der Waals surface area contributed by atoms with Crippen LogP contribution in [0.25, 0.3) is 27.5 Å². The fourth-order valence-corrected chi connectivity index (χ4v) is 5.12. The number of pyridine rings is 1. The first-order valence-corrected chi connectivity index (χ1v) is 13.8. The second kappa shape index (κ2) is 11.3. The van der Waals surface area contributed by atoms with E-state index in [0.717, 1.165) is 24.3 Å². The maximum Gasteiger partial charge on any atom is 0.417 e. The van der Waals surface area contributed by atoms with Gasteiger partial charge in [0.15, 0.2) is 5.75 Å². The lowest BCUT2D eigenvalue weighted by Crippen LogP contribution is -2.13. The number of aromatic nitrogens is 3. The summed E-state index contributed by atoms with van der Waals surface area (Å²) < 4.78 is 81.4. The van der Waals surface area contributed by atoms with Crippen LogP contribution in [0, 0.1) is 18.6 Å². The number of benzene rings is 2. The largest absolute Gasteiger partial charge is 0.494 e. The average Bonchev–Trinajstić information content (AvgIpc) is 3.52. The van der Waals surface area contributed by atoms with Gasteiger partial charge in [0.05, 0.1) is 23.9 Å². The number of aryl methyl sites for hydroxylation is 2. The first kappa shape index (κ1) is 30.0. The third kappa shape index (κ3) is 5.29. The Balaban J connectivity index is 1.65. The third-order valence-corrected chi connectivity index (χ3v) is 7.37. The molecular weight excluding hydrogens is 639 g/mol. The van der Waals surface area contributed by atoms with Gasteiger partial charge in [-0.15, -0.1) is 0 Å². The molecule has 0 saturated carbocycles. The minimum absolute atomic E-state index is 0.0602. The maximum atomic E-state index is 14.8. The van der Waals surface area contributed by atoms with Gasteiger partial charge in [0.2, 0.25) is 11.7 Å². The van der Waals surface area contributed by atoms with Crippen molar-refractivity contribution in [1.29, 1.82) is 0 Å². The lowest BCUT2D eigenvalue weighted by atomic mass is 9.95. The Morgan fingerprint density at radius 2 is 1.81 bits per heavy atom. The zero-order valence-corrected chi connectivity index (χ0v) is 24.4. The van der Waals surface area contributed by atoms with Crippen LogP contribution < -0.4 is 10.1 Å². The summed E-state index contributed by atoms with van der Waals surface area (Å²) in [7, 11) is 2.87. The van der Waals surface area contributed by atoms with E-state index < -0.39 is 40.8 Å². The Bertz CT molecular complexity index is 1940. The molecule has 0 saturated heterocycles. The molecule has 7 nitrogen and oxygen atoms in total. The van der Waals surface area contributed by atoms with Gasteiger partial charge in [-0.05, 0) is 43.3 Å². The zero-order valence-electron chi connectivity index (χ0n) is 22.8. The van der Waals surface area contributed by atoms with Gasteiger partial charge in [-0.1, -0.05) is 28.1 Å². The summed E-state index contributed by atoms with van der Waals surface area (Å²) in [4.78, 5) is 25.3. The summed E-state index contributed by atoms with van der Waals surface area (Å²) in [5.74, 6) is -4.02. The lowest BCUT2D eigenvalue weighted by molar-refractivity contribution is -0.137. The lowest BCUT2D eigenvalue weighted by Gasteiger charge is -2.18. The number of rotatable bonds is 7. The normalized spacial score (nSPS) is 12.0. The van der Waals surface area contributed by atoms with Crippen molar-refractivity contribution in [2.75, 3.05) is 17.8 Å². The monoisotopic (exact) mass is 660 g/mol. The predicted molar refractivity (Wildman–Crippen MR) is 155 cm³/mol. The standard InChI is InChI=1S/C30H22BrF5N4O3/c1-15-18-14-19(30(34,35)36)25(29(43-3)26(18)38-39(15)2)17-6-5-11-40-22(17)8-9-23(40)28(42)16-12-20(32)27(21(33)13-16)37-24(41)7-4-10-31/h4-9,11-14H,10H2,1-3H3,(H,37,41)/b7-4+. The van der Waals surface area contributed by atoms with Crippen molar-refractivity contribution in [2.45, 2.75) is 13.1 Å². The molecule has 0 spiro atoms. The highest BCUT2D eigenvalue weighted by molar-refractivity contribution is 9.09. The van der Waals surface area contributed by atoms with Crippen LogP contribution in [0.1, 0.15) is 27.3 Å². The Morgan fingerprint density at radius 3 is 2.44 bits per heavy atom. The molecule has 1 N–H and O–H groups in total. The molecule has 3 heterocycles. The van der Waals surface area contributed by atoms with E-state index in [2.05, 4.69) is 26.3 Å². The number of methoxy groups -OCH3 is 1. The smallest absolute Gasteiger partial charge is 0.417 e. The second-order valence-electron chi connectivity index (χ2n) is 9.52. The van der Waals surface area contributed by atoms with Crippen molar-refractivity contribution in [3.63, 3.8) is 0 Å². The first-order valence-electron chi connectivity index (χ1n) is 12.7. The molecule has 5 aromatic rings. The minimum atomic E-state index is -4.77. The van der Waals surface area contributed by atoms with Gasteiger partial charge in [-0.3, -0.25) is 14.3 Å². The summed E-state index contributed by atoms with van der Waals surface area (Å²) in [6.45, 7) is 1.65. The van der Waals surface area contributed by atoms with Crippen LogP contribution in [0.4, 0.5) is 27.6 Å². The van der Waals surface area contributed by atoms with Crippen molar-refractivity contribution in [3.05, 3.63) is 95.0 Å². The molecule has 0 aliphatic rings. The molecule has 1 amide bonds. The number of fused-ring (bicyclic) bond motifs is 2. The van der Waals surface area contributed by atoms with Crippen LogP contribution in [0.3, 0.4) is 0 Å². The molecule has 13 heteroatoms. The Kier molecular flexibility index (Phi) is 7.86. The Hall–Kier alpha value is -4.52. The van der Waals surface area contributed by atoms with E-state index in [1.807, 2.05) is 0 Å². The number of ketones is 1. The number of alkyl halides is 4. The minimum Gasteiger partial charge on any atom is -0.494 e. The number of carbonyl (C=O) groups is 2. The molecule has 0 atom stereocenters. The summed E-state index contributed by atoms with van der Waals surface area (Å²) in [6, 6.07) is 8.28. The molecule has 3 aromatic heterocycles. The predicted octanol–water partition coefficient (Wildman–Crippen LogP) is 7.23. The molecular formula is C30H22BrF5N4O3. The van der Waals surface area contributed by atoms with Crippen LogP contribution in [-0.2, 0) is 18.0 Å². The van der Waals surface area contributed by atoms with Crippen LogP contribution in [0.2, 0.25) is 0 Å². The van der Waals surface area contributed by atoms with E-state index in [1.54, 1.807) is 14.0 Å². The first-order chi connectivity index (χ1) is 20.4. The van der Waals surface area contributed by atoms with E-state index in [4.69, 9.17) is 4.74 Å². The number of amides is 1. The summed E-state index contributed by atoms with van der Waals surface area (Å²) in [5.41, 5.74) is -1.32. The van der Waals surface area contributed by atoms with Gasteiger partial charge < -0.3 is 14.5 Å². The van der Waals surface area contributed by atoms with Crippen molar-refractivity contribution in [2.24, 2.45) is 7.05 Å². The number of anilines is 1. The van der Waals surface area contributed by atoms with Crippen LogP contribution in [0.15, 0.2) is 60.8 Å². The number of carbonyl (C=O) groups excluding carboxylic acids is 2. The molecule has 0 unspecified atom stereocenters. The second-order valence-corrected chi connectivity index (χ2v) is 10.2. The van der Waals surface area contributed by atoms with E-state index in [0.29, 0.717) is 11.0 Å². The number of hydrogen-bond donors (Lipinski definition) is 1. The van der Waals surface area contributed by atoms with Gasteiger partial charge >= 0.3 is 6.18 Å². The Labute approximate surface area is 249 Å². The quantitative estimate of drug-likeness (QED) is 0.0865. The van der Waals surface area contributed by atoms with Gasteiger partial charge in [0.25, 0.3) is 0 Å². The number of ether oxygens (including phenoxy) is 1. The number of nitrogens with one attached hydrogen (secondary N) is 1. The van der Waals surface area contributed by atoms with Gasteiger partial charge in [-0.25, -0.2) is 8.78 Å². The van der Waals surface area contributed by atoms with E-state index in [-0.39, 0.29) is 44.6 Å². The molecule has 5 rings (SSSR count). The van der Waals surface area contributed by atoms with Gasteiger partial charge in [0.1, 0.15) is 22.8 Å². The molecule has 2 aromatic carbocycles. The Morgan fingerprint density at radius 1 is 1.12 bits per heavy atom. The fraction of sp³-hybridized carbons (Fsp3) is 0.167. The van der Waals surface area contributed by atoms with Crippen molar-refractivity contribution < 1.29 is 36.3 Å². The number of nitrogens with zero attached hydrogens (tertiary/aromatic N) is 3. The van der Waals surface area contributed by atoms with Crippen molar-refractivity contribution in [1.82, 2.24) is 14.2 Å². The molecule has 0 aliphatic carbocycles. The van der Waals surface area contributed by atoms with Crippen LogP contribution in [-0.4, -0.2) is 38.3 Å². The number of hydrogen-bond acceptors (Lipinski definition) is 4. The third-order valence-electron chi connectivity index (χ3n) is 6.99. The van der Waals surface area contributed by atoms with Gasteiger partial charge in [0, 0.05) is 52.4 Å². The van der Waals surface area contributed by atoms with E-state index in [9.17, 15) is 31.5 Å². The molecule has 0 bridgehead atoms. The summed E-state index contributed by atoms with van der Waals surface area (Å²) in [5, 5.41) is 7.08. The number of allylic oxidation sites excluding steroid dienone is 1. The van der Waals surface area contributed by atoms with Crippen molar-refractivity contribution in [3.8, 4) is 16.9 Å². The van der Waals surface area contributed by atoms with Crippen molar-refractivity contribution >= 4 is 49.7 Å². The topological polar surface area (TPSA) is 77.6 Å². The van der Waals surface area contributed by atoms with Crippen LogP contribution in [0.5, 0.6) is 5.75 Å². The summed E-state index contributed by atoms with van der Waals surface area (Å²) >= 11 is 3.09. The van der Waals surface area contributed by atoms with Gasteiger partial charge in [-0.2, -0.15) is 18.3 Å². The highest BCUT2D eigenvalue weighted by atomic mass is 79.9. The highest BCUT2D eigenvalue weighted by Crippen LogP contribution is 2.47. The maximum absolute atomic E-state index is 14.8. The molecule has 222 valence electrons. The molecule has 0 fully saturated rings. The van der Waals surface area contributed by atoms with E-state index >= 15 is 0 Å². The molecule has 0 radical (unpaired) electrons. The molecule has 43 heavy (non-hydrogen) atoms. The zero-order chi connectivity index (χ0) is 31.2. The average molecular weight is 661 g/mol. The summed E-state index contributed by atoms with van der Waals surface area (Å²) in [6.07, 6.45) is -0.805. The highest BCUT2D eigenvalue weighted by Gasteiger charge is 2.38. The fourth-order valence-electron chi connectivity index (χ4n) is 4.94. The van der Waals surface area contributed by atoms with E-state index in [1.165, 1.54) is 52.7 Å². The SMILES string of the molecule is COc1c(-c2cccn3c(C(=O)c4cc(F)c(NC(=O)/C=C/CBr)c(F)c4)ccc23)c(C(F)(F)F)cc2c(C)n(C)nc12. The number of halogens is 6. The van der Waals surface area contributed by atoms with Crippen LogP contribution >= 0.6 is 15.9 Å².